The molecule has 1 aromatic heterocycles. The van der Waals surface area contributed by atoms with Crippen molar-refractivity contribution >= 4 is 17.6 Å². The van der Waals surface area contributed by atoms with Gasteiger partial charge in [0.15, 0.2) is 5.69 Å². The van der Waals surface area contributed by atoms with Crippen LogP contribution in [-0.2, 0) is 0 Å². The molecule has 5 nitrogen and oxygen atoms in total. The summed E-state index contributed by atoms with van der Waals surface area (Å²) in [5.41, 5.74) is 1.81. The van der Waals surface area contributed by atoms with E-state index >= 15 is 0 Å². The molecule has 2 aromatic rings. The molecule has 1 aliphatic carbocycles. The van der Waals surface area contributed by atoms with Gasteiger partial charge in [-0.1, -0.05) is 18.2 Å². The van der Waals surface area contributed by atoms with Crippen LogP contribution in [0.1, 0.15) is 34.9 Å². The summed E-state index contributed by atoms with van der Waals surface area (Å²) < 4.78 is 0. The van der Waals surface area contributed by atoms with Gasteiger partial charge in [0.1, 0.15) is 0 Å². The minimum absolute atomic E-state index is 0.0553. The average Bonchev–Trinajstić information content (AvgIpc) is 3.31. The predicted molar refractivity (Wildman–Crippen MR) is 75.5 cm³/mol. The SMILES string of the molecule is CN(c1ccccc1)c1nc(C(=O)O)cc(C2CC2)n1. The molecule has 1 heterocycles. The summed E-state index contributed by atoms with van der Waals surface area (Å²) in [5, 5.41) is 9.18. The van der Waals surface area contributed by atoms with E-state index in [1.807, 2.05) is 37.4 Å². The number of rotatable bonds is 4. The maximum absolute atomic E-state index is 11.2. The molecular weight excluding hydrogens is 254 g/mol. The molecule has 20 heavy (non-hydrogen) atoms. The summed E-state index contributed by atoms with van der Waals surface area (Å²) in [5.74, 6) is -0.200. The predicted octanol–water partition coefficient (Wildman–Crippen LogP) is 2.82. The molecule has 1 N–H and O–H groups in total. The molecule has 0 bridgehead atoms. The number of aromatic carboxylic acids is 1. The van der Waals surface area contributed by atoms with Crippen molar-refractivity contribution in [2.45, 2.75) is 18.8 Å². The third-order valence-electron chi connectivity index (χ3n) is 3.39. The van der Waals surface area contributed by atoms with Gasteiger partial charge in [0.2, 0.25) is 5.95 Å². The second-order valence-electron chi connectivity index (χ2n) is 4.95. The quantitative estimate of drug-likeness (QED) is 0.924. The molecule has 1 aliphatic rings. The van der Waals surface area contributed by atoms with Gasteiger partial charge in [-0.2, -0.15) is 0 Å². The van der Waals surface area contributed by atoms with E-state index in [0.29, 0.717) is 11.9 Å². The van der Waals surface area contributed by atoms with Crippen LogP contribution in [0, 0.1) is 0 Å². The van der Waals surface area contributed by atoms with E-state index in [1.165, 1.54) is 0 Å². The zero-order valence-electron chi connectivity index (χ0n) is 11.2. The summed E-state index contributed by atoms with van der Waals surface area (Å²) in [7, 11) is 1.84. The van der Waals surface area contributed by atoms with Gasteiger partial charge in [0.05, 0.1) is 0 Å². The van der Waals surface area contributed by atoms with Crippen molar-refractivity contribution in [2.24, 2.45) is 0 Å². The lowest BCUT2D eigenvalue weighted by Gasteiger charge is -2.18. The molecule has 102 valence electrons. The molecule has 0 aliphatic heterocycles. The number of benzene rings is 1. The first-order valence-electron chi connectivity index (χ1n) is 6.56. The second kappa shape index (κ2) is 4.92. The fourth-order valence-corrected chi connectivity index (χ4v) is 2.07. The zero-order chi connectivity index (χ0) is 14.1. The number of nitrogens with zero attached hydrogens (tertiary/aromatic N) is 3. The highest BCUT2D eigenvalue weighted by atomic mass is 16.4. The van der Waals surface area contributed by atoms with E-state index in [1.54, 1.807) is 11.0 Å². The Morgan fingerprint density at radius 2 is 1.95 bits per heavy atom. The Hall–Kier alpha value is -2.43. The number of aromatic nitrogens is 2. The Morgan fingerprint density at radius 3 is 2.55 bits per heavy atom. The minimum Gasteiger partial charge on any atom is -0.477 e. The van der Waals surface area contributed by atoms with Crippen LogP contribution in [0.3, 0.4) is 0 Å². The Bertz CT molecular complexity index is 639. The van der Waals surface area contributed by atoms with Crippen LogP contribution in [0.4, 0.5) is 11.6 Å². The summed E-state index contributed by atoms with van der Waals surface area (Å²) in [6, 6.07) is 11.2. The highest BCUT2D eigenvalue weighted by Gasteiger charge is 2.27. The van der Waals surface area contributed by atoms with Gasteiger partial charge in [0.25, 0.3) is 0 Å². The summed E-state index contributed by atoms with van der Waals surface area (Å²) in [6.45, 7) is 0. The summed E-state index contributed by atoms with van der Waals surface area (Å²) in [6.07, 6.45) is 2.15. The van der Waals surface area contributed by atoms with E-state index < -0.39 is 5.97 Å². The van der Waals surface area contributed by atoms with E-state index in [4.69, 9.17) is 0 Å². The second-order valence-corrected chi connectivity index (χ2v) is 4.95. The first-order valence-corrected chi connectivity index (χ1v) is 6.56. The fourth-order valence-electron chi connectivity index (χ4n) is 2.07. The largest absolute Gasteiger partial charge is 0.477 e. The van der Waals surface area contributed by atoms with E-state index in [2.05, 4.69) is 9.97 Å². The first-order chi connectivity index (χ1) is 9.65. The average molecular weight is 269 g/mol. The van der Waals surface area contributed by atoms with Crippen molar-refractivity contribution in [3.05, 3.63) is 47.8 Å². The Kier molecular flexibility index (Phi) is 3.10. The highest BCUT2D eigenvalue weighted by molar-refractivity contribution is 5.86. The monoisotopic (exact) mass is 269 g/mol. The Morgan fingerprint density at radius 1 is 1.25 bits per heavy atom. The summed E-state index contributed by atoms with van der Waals surface area (Å²) in [4.78, 5) is 21.6. The van der Waals surface area contributed by atoms with Gasteiger partial charge in [-0.15, -0.1) is 0 Å². The van der Waals surface area contributed by atoms with Crippen LogP contribution in [0.5, 0.6) is 0 Å². The van der Waals surface area contributed by atoms with Crippen molar-refractivity contribution in [2.75, 3.05) is 11.9 Å². The molecule has 1 aromatic carbocycles. The maximum atomic E-state index is 11.2. The molecule has 1 fully saturated rings. The van der Waals surface area contributed by atoms with Crippen molar-refractivity contribution in [3.8, 4) is 0 Å². The lowest BCUT2D eigenvalue weighted by atomic mass is 10.2. The van der Waals surface area contributed by atoms with E-state index in [9.17, 15) is 9.90 Å². The number of anilines is 2. The van der Waals surface area contributed by atoms with Crippen LogP contribution in [0.25, 0.3) is 0 Å². The smallest absolute Gasteiger partial charge is 0.354 e. The molecule has 0 radical (unpaired) electrons. The lowest BCUT2D eigenvalue weighted by molar-refractivity contribution is 0.0690. The van der Waals surface area contributed by atoms with Gasteiger partial charge in [-0.25, -0.2) is 14.8 Å². The van der Waals surface area contributed by atoms with Crippen molar-refractivity contribution < 1.29 is 9.90 Å². The first kappa shape index (κ1) is 12.6. The molecule has 0 amide bonds. The van der Waals surface area contributed by atoms with E-state index in [-0.39, 0.29) is 5.69 Å². The Balaban J connectivity index is 2.01. The molecular formula is C15H15N3O2. The van der Waals surface area contributed by atoms with Crippen LogP contribution in [-0.4, -0.2) is 28.1 Å². The highest BCUT2D eigenvalue weighted by Crippen LogP contribution is 2.39. The molecule has 0 atom stereocenters. The van der Waals surface area contributed by atoms with Crippen LogP contribution in [0.2, 0.25) is 0 Å². The summed E-state index contributed by atoms with van der Waals surface area (Å²) >= 11 is 0. The van der Waals surface area contributed by atoms with Crippen molar-refractivity contribution in [1.29, 1.82) is 0 Å². The number of carbonyl (C=O) groups is 1. The number of para-hydroxylation sites is 1. The van der Waals surface area contributed by atoms with Crippen molar-refractivity contribution in [1.82, 2.24) is 9.97 Å². The number of carboxylic acid groups (broad SMARTS) is 1. The van der Waals surface area contributed by atoms with Crippen LogP contribution < -0.4 is 4.90 Å². The standard InChI is InChI=1S/C15H15N3O2/c1-18(11-5-3-2-4-6-11)15-16-12(10-7-8-10)9-13(17-15)14(19)20/h2-6,9-10H,7-8H2,1H3,(H,19,20). The Labute approximate surface area is 116 Å². The zero-order valence-corrected chi connectivity index (χ0v) is 11.2. The minimum atomic E-state index is -1.02. The molecule has 1 saturated carbocycles. The lowest BCUT2D eigenvalue weighted by Crippen LogP contribution is -2.16. The molecule has 0 unspecified atom stereocenters. The molecule has 3 rings (SSSR count). The molecule has 0 saturated heterocycles. The van der Waals surface area contributed by atoms with Gasteiger partial charge < -0.3 is 10.0 Å². The maximum Gasteiger partial charge on any atom is 0.354 e. The topological polar surface area (TPSA) is 66.3 Å². The molecule has 5 heteroatoms. The van der Waals surface area contributed by atoms with Gasteiger partial charge in [-0.3, -0.25) is 0 Å². The third kappa shape index (κ3) is 2.47. The molecule has 0 spiro atoms. The van der Waals surface area contributed by atoms with Gasteiger partial charge in [0, 0.05) is 24.3 Å². The third-order valence-corrected chi connectivity index (χ3v) is 3.39. The van der Waals surface area contributed by atoms with Gasteiger partial charge >= 0.3 is 5.97 Å². The number of hydrogen-bond acceptors (Lipinski definition) is 4. The number of hydrogen-bond donors (Lipinski definition) is 1. The number of carboxylic acids is 1. The normalized spacial score (nSPS) is 14.1. The van der Waals surface area contributed by atoms with E-state index in [0.717, 1.165) is 24.2 Å². The van der Waals surface area contributed by atoms with Crippen molar-refractivity contribution in [3.63, 3.8) is 0 Å². The fraction of sp³-hybridized carbons (Fsp3) is 0.267. The van der Waals surface area contributed by atoms with Gasteiger partial charge in [-0.05, 0) is 31.0 Å². The van der Waals surface area contributed by atoms with Crippen LogP contribution in [0.15, 0.2) is 36.4 Å². The van der Waals surface area contributed by atoms with Crippen LogP contribution >= 0.6 is 0 Å².